The van der Waals surface area contributed by atoms with Crippen molar-refractivity contribution in [2.75, 3.05) is 7.05 Å². The second kappa shape index (κ2) is 7.82. The molecule has 2 aromatic heterocycles. The number of hydrogen-bond donors (Lipinski definition) is 2. The molecule has 0 aliphatic rings. The fourth-order valence-electron chi connectivity index (χ4n) is 2.43. The Morgan fingerprint density at radius 2 is 2.07 bits per heavy atom. The van der Waals surface area contributed by atoms with Gasteiger partial charge in [-0.25, -0.2) is 18.6 Å². The summed E-state index contributed by atoms with van der Waals surface area (Å²) in [7, 11) is 2.65. The number of carbonyl (C=O) groups excluding carboxylic acids is 1. The van der Waals surface area contributed by atoms with Gasteiger partial charge in [-0.1, -0.05) is 11.6 Å². The summed E-state index contributed by atoms with van der Waals surface area (Å²) in [4.78, 5) is 16.5. The maximum Gasteiger partial charge on any atom is 0.341 e. The van der Waals surface area contributed by atoms with Gasteiger partial charge in [0.05, 0.1) is 24.8 Å². The van der Waals surface area contributed by atoms with Gasteiger partial charge in [0.25, 0.3) is 0 Å². The summed E-state index contributed by atoms with van der Waals surface area (Å²) < 4.78 is 29.0. The van der Waals surface area contributed by atoms with E-state index in [9.17, 15) is 13.6 Å². The normalized spacial score (nSPS) is 10.8. The van der Waals surface area contributed by atoms with E-state index in [4.69, 9.17) is 16.8 Å². The lowest BCUT2D eigenvalue weighted by molar-refractivity contribution is -0.0184. The van der Waals surface area contributed by atoms with Gasteiger partial charge in [-0.05, 0) is 29.0 Å². The average Bonchev–Trinajstić information content (AvgIpc) is 3.05. The summed E-state index contributed by atoms with van der Waals surface area (Å²) in [6.45, 7) is -0.252. The number of hydrogen-bond acceptors (Lipinski definition) is 6. The maximum atomic E-state index is 14.6. The first-order valence-corrected chi connectivity index (χ1v) is 8.22. The van der Waals surface area contributed by atoms with E-state index in [0.717, 1.165) is 24.0 Å². The summed E-state index contributed by atoms with van der Waals surface area (Å²) in [6, 6.07) is 2.84. The zero-order valence-electron chi connectivity index (χ0n) is 14.7. The third-order valence-electron chi connectivity index (χ3n) is 3.72. The molecular formula is C16H14ClF2N7O2. The number of rotatable bonds is 4. The molecule has 2 heterocycles. The van der Waals surface area contributed by atoms with Gasteiger partial charge < -0.3 is 5.32 Å². The lowest BCUT2D eigenvalue weighted by atomic mass is 9.99. The molecule has 0 saturated heterocycles. The third kappa shape index (κ3) is 4.05. The molecular weight excluding hydrogens is 396 g/mol. The van der Waals surface area contributed by atoms with E-state index in [1.54, 1.807) is 0 Å². The zero-order valence-corrected chi connectivity index (χ0v) is 15.4. The Kier molecular flexibility index (Phi) is 5.47. The standard InChI is InChI=1S/C16H14ClF2N7O2/c1-25(28)16(27)21-7-13-11(18)3-8(6-20-13)10-4-9(17)5-12(19)14(10)15-22-24-26(2)23-15/h3-6,28H,7H2,1-2H3,(H,21,27). The van der Waals surface area contributed by atoms with Crippen molar-refractivity contribution in [1.82, 2.24) is 35.6 Å². The highest BCUT2D eigenvalue weighted by Crippen LogP contribution is 2.35. The van der Waals surface area contributed by atoms with Gasteiger partial charge >= 0.3 is 6.03 Å². The van der Waals surface area contributed by atoms with Crippen molar-refractivity contribution in [3.63, 3.8) is 0 Å². The highest BCUT2D eigenvalue weighted by molar-refractivity contribution is 6.31. The van der Waals surface area contributed by atoms with Crippen molar-refractivity contribution < 1.29 is 18.8 Å². The van der Waals surface area contributed by atoms with Gasteiger partial charge in [-0.2, -0.15) is 4.80 Å². The lowest BCUT2D eigenvalue weighted by Crippen LogP contribution is -2.34. The summed E-state index contributed by atoms with van der Waals surface area (Å²) in [5.74, 6) is -1.43. The molecule has 3 aromatic rings. The zero-order chi connectivity index (χ0) is 20.4. The number of pyridine rings is 1. The Labute approximate surface area is 162 Å². The number of nitrogens with one attached hydrogen (secondary N) is 1. The molecule has 0 spiro atoms. The van der Waals surface area contributed by atoms with Gasteiger partial charge in [-0.3, -0.25) is 10.2 Å². The number of urea groups is 1. The Morgan fingerprint density at radius 3 is 2.68 bits per heavy atom. The quantitative estimate of drug-likeness (QED) is 0.506. The van der Waals surface area contributed by atoms with E-state index in [1.807, 2.05) is 0 Å². The molecule has 0 bridgehead atoms. The Morgan fingerprint density at radius 1 is 1.32 bits per heavy atom. The number of hydroxylamine groups is 2. The van der Waals surface area contributed by atoms with Gasteiger partial charge in [0.15, 0.2) is 0 Å². The predicted molar refractivity (Wildman–Crippen MR) is 94.2 cm³/mol. The van der Waals surface area contributed by atoms with Crippen molar-refractivity contribution in [3.05, 3.63) is 46.7 Å². The molecule has 3 rings (SSSR count). The lowest BCUT2D eigenvalue weighted by Gasteiger charge is -2.12. The van der Waals surface area contributed by atoms with Crippen LogP contribution in [0.25, 0.3) is 22.5 Å². The van der Waals surface area contributed by atoms with Crippen LogP contribution in [0.1, 0.15) is 5.69 Å². The van der Waals surface area contributed by atoms with Crippen LogP contribution in [0.2, 0.25) is 5.02 Å². The van der Waals surface area contributed by atoms with Crippen LogP contribution in [0.15, 0.2) is 24.4 Å². The van der Waals surface area contributed by atoms with E-state index < -0.39 is 17.7 Å². The number of carbonyl (C=O) groups is 1. The Bertz CT molecular complexity index is 1040. The molecule has 0 radical (unpaired) electrons. The van der Waals surface area contributed by atoms with Crippen LogP contribution in [0, 0.1) is 11.6 Å². The first kappa shape index (κ1) is 19.6. The van der Waals surface area contributed by atoms with Crippen LogP contribution in [-0.2, 0) is 13.6 Å². The smallest absolute Gasteiger partial charge is 0.330 e. The van der Waals surface area contributed by atoms with Crippen LogP contribution < -0.4 is 5.32 Å². The highest BCUT2D eigenvalue weighted by atomic mass is 35.5. The Balaban J connectivity index is 2.00. The van der Waals surface area contributed by atoms with Gasteiger partial charge in [0, 0.05) is 23.8 Å². The van der Waals surface area contributed by atoms with E-state index in [-0.39, 0.29) is 39.8 Å². The number of amides is 2. The van der Waals surface area contributed by atoms with E-state index in [1.165, 1.54) is 19.3 Å². The minimum Gasteiger partial charge on any atom is -0.330 e. The second-order valence-electron chi connectivity index (χ2n) is 5.75. The van der Waals surface area contributed by atoms with Gasteiger partial charge in [-0.15, -0.1) is 10.2 Å². The monoisotopic (exact) mass is 409 g/mol. The molecule has 9 nitrogen and oxygen atoms in total. The SMILES string of the molecule is CN(O)C(=O)NCc1ncc(-c2cc(Cl)cc(F)c2-c2nnn(C)n2)cc1F. The topological polar surface area (TPSA) is 109 Å². The maximum absolute atomic E-state index is 14.6. The number of benzene rings is 1. The summed E-state index contributed by atoms with van der Waals surface area (Å²) >= 11 is 5.96. The van der Waals surface area contributed by atoms with Crippen molar-refractivity contribution >= 4 is 17.6 Å². The molecule has 146 valence electrons. The number of nitrogens with zero attached hydrogens (tertiary/aromatic N) is 6. The minimum atomic E-state index is -0.821. The summed E-state index contributed by atoms with van der Waals surface area (Å²) in [5, 5.41) is 23.2. The average molecular weight is 410 g/mol. The first-order valence-electron chi connectivity index (χ1n) is 7.85. The van der Waals surface area contributed by atoms with E-state index >= 15 is 0 Å². The van der Waals surface area contributed by atoms with Crippen LogP contribution >= 0.6 is 11.6 Å². The predicted octanol–water partition coefficient (Wildman–Crippen LogP) is 2.40. The fraction of sp³-hybridized carbons (Fsp3) is 0.188. The van der Waals surface area contributed by atoms with Crippen LogP contribution in [0.5, 0.6) is 0 Å². The van der Waals surface area contributed by atoms with Crippen molar-refractivity contribution in [1.29, 1.82) is 0 Å². The number of aromatic nitrogens is 5. The Hall–Kier alpha value is -3.18. The molecule has 28 heavy (non-hydrogen) atoms. The number of tetrazole rings is 1. The van der Waals surface area contributed by atoms with E-state index in [2.05, 4.69) is 25.7 Å². The van der Waals surface area contributed by atoms with E-state index in [0.29, 0.717) is 5.06 Å². The molecule has 0 saturated carbocycles. The molecule has 2 amide bonds. The minimum absolute atomic E-state index is 0.00154. The molecule has 0 atom stereocenters. The molecule has 0 unspecified atom stereocenters. The van der Waals surface area contributed by atoms with Crippen molar-refractivity contribution in [3.8, 4) is 22.5 Å². The van der Waals surface area contributed by atoms with Crippen molar-refractivity contribution in [2.45, 2.75) is 6.54 Å². The second-order valence-corrected chi connectivity index (χ2v) is 6.18. The van der Waals surface area contributed by atoms with Crippen molar-refractivity contribution in [2.24, 2.45) is 7.05 Å². The molecule has 2 N–H and O–H groups in total. The molecule has 0 aliphatic carbocycles. The fourth-order valence-corrected chi connectivity index (χ4v) is 2.63. The molecule has 0 aliphatic heterocycles. The van der Waals surface area contributed by atoms with Crippen LogP contribution in [0.4, 0.5) is 13.6 Å². The first-order chi connectivity index (χ1) is 13.3. The van der Waals surface area contributed by atoms with Gasteiger partial charge in [0.1, 0.15) is 11.6 Å². The summed E-state index contributed by atoms with van der Waals surface area (Å²) in [5.41, 5.74) is 0.396. The number of aryl methyl sites for hydroxylation is 1. The largest absolute Gasteiger partial charge is 0.341 e. The molecule has 0 fully saturated rings. The highest BCUT2D eigenvalue weighted by Gasteiger charge is 2.20. The molecule has 1 aromatic carbocycles. The van der Waals surface area contributed by atoms with Crippen LogP contribution in [-0.4, -0.2) is 48.5 Å². The van der Waals surface area contributed by atoms with Gasteiger partial charge in [0.2, 0.25) is 5.82 Å². The summed E-state index contributed by atoms with van der Waals surface area (Å²) in [6.07, 6.45) is 1.30. The number of halogens is 3. The molecule has 12 heteroatoms. The third-order valence-corrected chi connectivity index (χ3v) is 3.93. The van der Waals surface area contributed by atoms with Crippen LogP contribution in [0.3, 0.4) is 0 Å².